The van der Waals surface area contributed by atoms with Crippen LogP contribution in [0.5, 0.6) is 5.75 Å². The second-order valence-corrected chi connectivity index (χ2v) is 4.66. The number of methoxy groups -OCH3 is 1. The summed E-state index contributed by atoms with van der Waals surface area (Å²) in [6.45, 7) is 0. The van der Waals surface area contributed by atoms with Gasteiger partial charge < -0.3 is 4.74 Å². The lowest BCUT2D eigenvalue weighted by molar-refractivity contribution is 0.416. The van der Waals surface area contributed by atoms with Crippen LogP contribution in [0.4, 0.5) is 0 Å². The van der Waals surface area contributed by atoms with Crippen LogP contribution in [-0.4, -0.2) is 17.1 Å². The lowest BCUT2D eigenvalue weighted by Gasteiger charge is -2.07. The first kappa shape index (κ1) is 11.5. The van der Waals surface area contributed by atoms with Gasteiger partial charge in [-0.25, -0.2) is 9.97 Å². The Labute approximate surface area is 110 Å². The number of hydrogen-bond acceptors (Lipinski definition) is 3. The number of aromatic nitrogens is 2. The maximum atomic E-state index is 5.27. The smallest absolute Gasteiger partial charge is 0.165 e. The highest BCUT2D eigenvalue weighted by atomic mass is 79.9. The van der Waals surface area contributed by atoms with E-state index in [2.05, 4.69) is 41.8 Å². The number of benzene rings is 1. The molecule has 0 bridgehead atoms. The Bertz CT molecular complexity index is 497. The van der Waals surface area contributed by atoms with Crippen LogP contribution >= 0.6 is 31.9 Å². The van der Waals surface area contributed by atoms with Crippen molar-refractivity contribution in [1.29, 1.82) is 0 Å². The molecule has 1 heterocycles. The molecule has 16 heavy (non-hydrogen) atoms. The molecule has 82 valence electrons. The van der Waals surface area contributed by atoms with E-state index in [0.29, 0.717) is 5.82 Å². The summed E-state index contributed by atoms with van der Waals surface area (Å²) in [6, 6.07) is 9.44. The molecule has 0 aliphatic rings. The molecule has 0 saturated carbocycles. The normalized spacial score (nSPS) is 10.2. The van der Waals surface area contributed by atoms with E-state index < -0.39 is 0 Å². The standard InChI is InChI=1S/C11H8Br2N2O/c1-16-8-5-3-2-4-7(8)11-14-9(12)6-10(13)15-11/h2-6H,1H3. The molecule has 0 N–H and O–H groups in total. The van der Waals surface area contributed by atoms with Crippen LogP contribution in [0.15, 0.2) is 39.5 Å². The minimum absolute atomic E-state index is 0.624. The van der Waals surface area contributed by atoms with Crippen molar-refractivity contribution in [2.75, 3.05) is 7.11 Å². The summed E-state index contributed by atoms with van der Waals surface area (Å²) in [4.78, 5) is 8.62. The topological polar surface area (TPSA) is 35.0 Å². The fraction of sp³-hybridized carbons (Fsp3) is 0.0909. The molecule has 2 aromatic rings. The minimum atomic E-state index is 0.624. The van der Waals surface area contributed by atoms with Gasteiger partial charge >= 0.3 is 0 Å². The van der Waals surface area contributed by atoms with Gasteiger partial charge in [0.15, 0.2) is 5.82 Å². The van der Waals surface area contributed by atoms with Gasteiger partial charge in [-0.3, -0.25) is 0 Å². The van der Waals surface area contributed by atoms with Crippen LogP contribution in [0.25, 0.3) is 11.4 Å². The summed E-state index contributed by atoms with van der Waals surface area (Å²) in [5.41, 5.74) is 0.868. The average Bonchev–Trinajstić information content (AvgIpc) is 2.27. The van der Waals surface area contributed by atoms with Gasteiger partial charge in [-0.2, -0.15) is 0 Å². The van der Waals surface area contributed by atoms with E-state index >= 15 is 0 Å². The number of rotatable bonds is 2. The molecule has 0 amide bonds. The van der Waals surface area contributed by atoms with Gasteiger partial charge in [-0.05, 0) is 44.0 Å². The van der Waals surface area contributed by atoms with Crippen molar-refractivity contribution in [2.45, 2.75) is 0 Å². The van der Waals surface area contributed by atoms with Crippen LogP contribution < -0.4 is 4.74 Å². The van der Waals surface area contributed by atoms with Crippen molar-refractivity contribution >= 4 is 31.9 Å². The summed E-state index contributed by atoms with van der Waals surface area (Å²) in [7, 11) is 1.63. The predicted molar refractivity (Wildman–Crippen MR) is 69.4 cm³/mol. The molecule has 5 heteroatoms. The van der Waals surface area contributed by atoms with Crippen LogP contribution in [0.2, 0.25) is 0 Å². The van der Waals surface area contributed by atoms with Gasteiger partial charge in [-0.1, -0.05) is 12.1 Å². The van der Waals surface area contributed by atoms with Crippen molar-refractivity contribution in [3.8, 4) is 17.1 Å². The molecular weight excluding hydrogens is 336 g/mol. The molecule has 0 radical (unpaired) electrons. The highest BCUT2D eigenvalue weighted by Gasteiger charge is 2.09. The number of halogens is 2. The monoisotopic (exact) mass is 342 g/mol. The third-order valence-electron chi connectivity index (χ3n) is 2.01. The molecule has 0 spiro atoms. The highest BCUT2D eigenvalue weighted by Crippen LogP contribution is 2.28. The lowest BCUT2D eigenvalue weighted by atomic mass is 10.2. The molecule has 0 aliphatic carbocycles. The van der Waals surface area contributed by atoms with Crippen molar-refractivity contribution < 1.29 is 4.74 Å². The summed E-state index contributed by atoms with van der Waals surface area (Å²) in [5.74, 6) is 1.38. The molecular formula is C11H8Br2N2O. The van der Waals surface area contributed by atoms with Crippen molar-refractivity contribution in [3.05, 3.63) is 39.5 Å². The zero-order valence-electron chi connectivity index (χ0n) is 8.45. The SMILES string of the molecule is COc1ccccc1-c1nc(Br)cc(Br)n1. The Balaban J connectivity index is 2.58. The Morgan fingerprint density at radius 1 is 1.06 bits per heavy atom. The molecule has 2 rings (SSSR count). The zero-order valence-corrected chi connectivity index (χ0v) is 11.6. The second kappa shape index (κ2) is 4.93. The predicted octanol–water partition coefficient (Wildman–Crippen LogP) is 3.68. The number of ether oxygens (including phenoxy) is 1. The largest absolute Gasteiger partial charge is 0.496 e. The maximum absolute atomic E-state index is 5.27. The van der Waals surface area contributed by atoms with Crippen LogP contribution in [0, 0.1) is 0 Å². The third-order valence-corrected chi connectivity index (χ3v) is 2.82. The van der Waals surface area contributed by atoms with Gasteiger partial charge in [0, 0.05) is 6.07 Å². The summed E-state index contributed by atoms with van der Waals surface area (Å²) < 4.78 is 6.73. The number of para-hydroxylation sites is 1. The molecule has 0 saturated heterocycles. The number of nitrogens with zero attached hydrogens (tertiary/aromatic N) is 2. The first-order valence-electron chi connectivity index (χ1n) is 4.54. The van der Waals surface area contributed by atoms with E-state index in [1.165, 1.54) is 0 Å². The van der Waals surface area contributed by atoms with E-state index in [1.807, 2.05) is 24.3 Å². The lowest BCUT2D eigenvalue weighted by Crippen LogP contribution is -1.93. The molecule has 1 aromatic carbocycles. The van der Waals surface area contributed by atoms with Crippen molar-refractivity contribution in [3.63, 3.8) is 0 Å². The Morgan fingerprint density at radius 3 is 2.31 bits per heavy atom. The Kier molecular flexibility index (Phi) is 3.56. The van der Waals surface area contributed by atoms with Crippen LogP contribution in [0.1, 0.15) is 0 Å². The molecule has 3 nitrogen and oxygen atoms in total. The quantitative estimate of drug-likeness (QED) is 0.780. The molecule has 0 fully saturated rings. The first-order chi connectivity index (χ1) is 7.70. The van der Waals surface area contributed by atoms with Gasteiger partial charge in [0.2, 0.25) is 0 Å². The average molecular weight is 344 g/mol. The van der Waals surface area contributed by atoms with E-state index in [1.54, 1.807) is 13.2 Å². The van der Waals surface area contributed by atoms with Gasteiger partial charge in [0.1, 0.15) is 15.0 Å². The van der Waals surface area contributed by atoms with Gasteiger partial charge in [0.05, 0.1) is 12.7 Å². The summed E-state index contributed by atoms with van der Waals surface area (Å²) >= 11 is 6.67. The maximum Gasteiger partial charge on any atom is 0.165 e. The summed E-state index contributed by atoms with van der Waals surface area (Å²) in [5, 5.41) is 0. The second-order valence-electron chi connectivity index (χ2n) is 3.04. The van der Waals surface area contributed by atoms with Gasteiger partial charge in [0.25, 0.3) is 0 Å². The van der Waals surface area contributed by atoms with Gasteiger partial charge in [-0.15, -0.1) is 0 Å². The minimum Gasteiger partial charge on any atom is -0.496 e. The van der Waals surface area contributed by atoms with E-state index in [4.69, 9.17) is 4.74 Å². The fourth-order valence-corrected chi connectivity index (χ4v) is 2.42. The highest BCUT2D eigenvalue weighted by molar-refractivity contribution is 9.11. The third kappa shape index (κ3) is 2.41. The molecule has 1 aromatic heterocycles. The number of hydrogen-bond donors (Lipinski definition) is 0. The van der Waals surface area contributed by atoms with Crippen molar-refractivity contribution in [1.82, 2.24) is 9.97 Å². The van der Waals surface area contributed by atoms with E-state index in [0.717, 1.165) is 20.5 Å². The van der Waals surface area contributed by atoms with Crippen LogP contribution in [0.3, 0.4) is 0 Å². The van der Waals surface area contributed by atoms with E-state index in [-0.39, 0.29) is 0 Å². The molecule has 0 aliphatic heterocycles. The summed E-state index contributed by atoms with van der Waals surface area (Å²) in [6.07, 6.45) is 0. The Morgan fingerprint density at radius 2 is 1.69 bits per heavy atom. The Hall–Kier alpha value is -0.940. The van der Waals surface area contributed by atoms with E-state index in [9.17, 15) is 0 Å². The van der Waals surface area contributed by atoms with Crippen LogP contribution in [-0.2, 0) is 0 Å². The molecule has 0 unspecified atom stereocenters. The first-order valence-corrected chi connectivity index (χ1v) is 6.13. The zero-order chi connectivity index (χ0) is 11.5. The molecule has 0 atom stereocenters. The van der Waals surface area contributed by atoms with Crippen molar-refractivity contribution in [2.24, 2.45) is 0 Å². The fourth-order valence-electron chi connectivity index (χ4n) is 1.34.